The monoisotopic (exact) mass is 405 g/mol. The minimum atomic E-state index is -0.271. The molecule has 1 heterocycles. The van der Waals surface area contributed by atoms with Crippen LogP contribution in [0.3, 0.4) is 0 Å². The minimum absolute atomic E-state index is 0.271. The van der Waals surface area contributed by atoms with Crippen LogP contribution in [-0.4, -0.2) is 24.6 Å². The number of halogens is 1. The maximum absolute atomic E-state index is 12.3. The molecule has 6 nitrogen and oxygen atoms in total. The van der Waals surface area contributed by atoms with Crippen molar-refractivity contribution in [3.8, 4) is 11.5 Å². The summed E-state index contributed by atoms with van der Waals surface area (Å²) >= 11 is 7.54. The molecule has 1 amide bonds. The van der Waals surface area contributed by atoms with E-state index in [9.17, 15) is 4.79 Å². The topological polar surface area (TPSA) is 72.5 Å². The van der Waals surface area contributed by atoms with Crippen LogP contribution in [0.5, 0.6) is 11.5 Å². The lowest BCUT2D eigenvalue weighted by atomic mass is 10.2. The van der Waals surface area contributed by atoms with Gasteiger partial charge in [-0.05, 0) is 42.8 Å². The third kappa shape index (κ3) is 4.61. The number of hydrogen-bond acceptors (Lipinski definition) is 6. The van der Waals surface area contributed by atoms with Crippen LogP contribution in [-0.2, 0) is 0 Å². The highest BCUT2D eigenvalue weighted by Gasteiger charge is 2.13. The van der Waals surface area contributed by atoms with E-state index in [-0.39, 0.29) is 5.91 Å². The summed E-state index contributed by atoms with van der Waals surface area (Å²) in [5.41, 5.74) is 6.64. The number of carbonyl (C=O) groups excluding carboxylic acids is 1. The fourth-order valence-corrected chi connectivity index (χ4v) is 3.50. The third-order valence-electron chi connectivity index (χ3n) is 3.84. The molecule has 1 aromatic heterocycles. The van der Waals surface area contributed by atoms with Gasteiger partial charge in [-0.25, -0.2) is 4.98 Å². The molecule has 0 aliphatic heterocycles. The maximum atomic E-state index is 12.3. The highest BCUT2D eigenvalue weighted by Crippen LogP contribution is 2.37. The van der Waals surface area contributed by atoms with Crippen LogP contribution in [0.15, 0.2) is 36.4 Å². The molecular weight excluding hydrogens is 386 g/mol. The molecule has 0 bridgehead atoms. The predicted molar refractivity (Wildman–Crippen MR) is 109 cm³/mol. The van der Waals surface area contributed by atoms with Crippen molar-refractivity contribution in [1.82, 2.24) is 10.4 Å². The highest BCUT2D eigenvalue weighted by molar-refractivity contribution is 7.22. The van der Waals surface area contributed by atoms with E-state index in [1.165, 1.54) is 11.3 Å². The van der Waals surface area contributed by atoms with E-state index in [2.05, 4.69) is 22.8 Å². The molecule has 0 saturated carbocycles. The Morgan fingerprint density at radius 1 is 1.22 bits per heavy atom. The Hall–Kier alpha value is -2.51. The van der Waals surface area contributed by atoms with Gasteiger partial charge in [0.25, 0.3) is 5.91 Å². The number of nitrogens with one attached hydrogen (secondary N) is 2. The Kier molecular flexibility index (Phi) is 6.36. The van der Waals surface area contributed by atoms with Crippen LogP contribution in [0.25, 0.3) is 10.2 Å². The first-order valence-corrected chi connectivity index (χ1v) is 9.74. The van der Waals surface area contributed by atoms with E-state index in [0.29, 0.717) is 33.6 Å². The van der Waals surface area contributed by atoms with Gasteiger partial charge in [-0.15, -0.1) is 0 Å². The second-order valence-corrected chi connectivity index (χ2v) is 7.16. The summed E-state index contributed by atoms with van der Waals surface area (Å²) in [5.74, 6) is 1.11. The number of unbranched alkanes of at least 4 members (excludes halogenated alkanes) is 1. The number of ether oxygens (including phenoxy) is 2. The second-order valence-electron chi connectivity index (χ2n) is 5.75. The number of hydrogen-bond donors (Lipinski definition) is 2. The number of thiazole rings is 1. The van der Waals surface area contributed by atoms with Crippen LogP contribution in [0.4, 0.5) is 5.13 Å². The molecule has 0 fully saturated rings. The van der Waals surface area contributed by atoms with Gasteiger partial charge in [0.1, 0.15) is 17.0 Å². The average Bonchev–Trinajstić information content (AvgIpc) is 3.12. The van der Waals surface area contributed by atoms with E-state index < -0.39 is 0 Å². The van der Waals surface area contributed by atoms with E-state index in [1.54, 1.807) is 43.5 Å². The summed E-state index contributed by atoms with van der Waals surface area (Å²) in [6.07, 6.45) is 2.08. The number of carbonyl (C=O) groups is 1. The molecule has 0 atom stereocenters. The quantitative estimate of drug-likeness (QED) is 0.412. The van der Waals surface area contributed by atoms with Crippen molar-refractivity contribution in [3.05, 3.63) is 47.0 Å². The zero-order valence-electron chi connectivity index (χ0n) is 15.0. The largest absolute Gasteiger partial charge is 0.494 e. The lowest BCUT2D eigenvalue weighted by molar-refractivity contribution is 0.0962. The SMILES string of the molecule is CCCCOc1ccc(C(=O)NNc2nc3c(OC)ccc(Cl)c3s2)cc1. The molecule has 0 aliphatic carbocycles. The number of hydrazine groups is 1. The zero-order valence-corrected chi connectivity index (χ0v) is 16.6. The van der Waals surface area contributed by atoms with Crippen LogP contribution in [0, 0.1) is 0 Å². The number of methoxy groups -OCH3 is 1. The van der Waals surface area contributed by atoms with Gasteiger partial charge < -0.3 is 9.47 Å². The van der Waals surface area contributed by atoms with Gasteiger partial charge in [0.2, 0.25) is 5.13 Å². The highest BCUT2D eigenvalue weighted by atomic mass is 35.5. The molecule has 0 saturated heterocycles. The van der Waals surface area contributed by atoms with Gasteiger partial charge in [-0.3, -0.25) is 15.6 Å². The standard InChI is InChI=1S/C19H20ClN3O3S/c1-3-4-11-26-13-7-5-12(6-8-13)18(24)22-23-19-21-16-15(25-2)10-9-14(20)17(16)27-19/h5-10H,3-4,11H2,1-2H3,(H,21,23)(H,22,24). The van der Waals surface area contributed by atoms with Crippen molar-refractivity contribution in [1.29, 1.82) is 0 Å². The maximum Gasteiger partial charge on any atom is 0.269 e. The van der Waals surface area contributed by atoms with E-state index in [0.717, 1.165) is 23.3 Å². The Labute approximate surface area is 166 Å². The molecule has 0 radical (unpaired) electrons. The van der Waals surface area contributed by atoms with Gasteiger partial charge in [0, 0.05) is 5.56 Å². The molecule has 0 spiro atoms. The van der Waals surface area contributed by atoms with Crippen LogP contribution >= 0.6 is 22.9 Å². The zero-order chi connectivity index (χ0) is 19.2. The number of rotatable bonds is 8. The molecule has 3 aromatic rings. The van der Waals surface area contributed by atoms with E-state index >= 15 is 0 Å². The first-order chi connectivity index (χ1) is 13.1. The van der Waals surface area contributed by atoms with Gasteiger partial charge in [0.05, 0.1) is 23.4 Å². The fraction of sp³-hybridized carbons (Fsp3) is 0.263. The van der Waals surface area contributed by atoms with Gasteiger partial charge in [-0.2, -0.15) is 0 Å². The van der Waals surface area contributed by atoms with Gasteiger partial charge in [0.15, 0.2) is 0 Å². The fourth-order valence-electron chi connectivity index (χ4n) is 2.39. The number of nitrogens with zero attached hydrogens (tertiary/aromatic N) is 1. The molecule has 0 unspecified atom stereocenters. The van der Waals surface area contributed by atoms with Crippen molar-refractivity contribution >= 4 is 44.2 Å². The Morgan fingerprint density at radius 3 is 2.70 bits per heavy atom. The number of aromatic nitrogens is 1. The Morgan fingerprint density at radius 2 is 2.00 bits per heavy atom. The number of anilines is 1. The molecule has 2 N–H and O–H groups in total. The number of benzene rings is 2. The number of fused-ring (bicyclic) bond motifs is 1. The number of amides is 1. The smallest absolute Gasteiger partial charge is 0.269 e. The van der Waals surface area contributed by atoms with Crippen molar-refractivity contribution < 1.29 is 14.3 Å². The first kappa shape index (κ1) is 19.3. The van der Waals surface area contributed by atoms with Gasteiger partial charge >= 0.3 is 0 Å². The van der Waals surface area contributed by atoms with E-state index in [1.807, 2.05) is 0 Å². The van der Waals surface area contributed by atoms with Crippen LogP contribution in [0.2, 0.25) is 5.02 Å². The molecule has 2 aromatic carbocycles. The second kappa shape index (κ2) is 8.92. The molecule has 27 heavy (non-hydrogen) atoms. The lowest BCUT2D eigenvalue weighted by Gasteiger charge is -2.07. The summed E-state index contributed by atoms with van der Waals surface area (Å²) in [6.45, 7) is 2.78. The predicted octanol–water partition coefficient (Wildman–Crippen LogP) is 4.89. The molecule has 142 valence electrons. The van der Waals surface area contributed by atoms with Crippen molar-refractivity contribution in [3.63, 3.8) is 0 Å². The van der Waals surface area contributed by atoms with Gasteiger partial charge in [-0.1, -0.05) is 36.3 Å². The van der Waals surface area contributed by atoms with Crippen molar-refractivity contribution in [2.75, 3.05) is 19.1 Å². The summed E-state index contributed by atoms with van der Waals surface area (Å²) in [6, 6.07) is 10.5. The lowest BCUT2D eigenvalue weighted by Crippen LogP contribution is -2.29. The summed E-state index contributed by atoms with van der Waals surface area (Å²) in [4.78, 5) is 16.7. The van der Waals surface area contributed by atoms with Crippen LogP contribution in [0.1, 0.15) is 30.1 Å². The summed E-state index contributed by atoms with van der Waals surface area (Å²) in [7, 11) is 1.58. The van der Waals surface area contributed by atoms with Crippen molar-refractivity contribution in [2.45, 2.75) is 19.8 Å². The average molecular weight is 406 g/mol. The first-order valence-electron chi connectivity index (χ1n) is 8.54. The summed E-state index contributed by atoms with van der Waals surface area (Å²) < 4.78 is 11.7. The minimum Gasteiger partial charge on any atom is -0.494 e. The van der Waals surface area contributed by atoms with Crippen molar-refractivity contribution in [2.24, 2.45) is 0 Å². The molecule has 8 heteroatoms. The molecule has 3 rings (SSSR count). The van der Waals surface area contributed by atoms with Crippen LogP contribution < -0.4 is 20.3 Å². The van der Waals surface area contributed by atoms with E-state index in [4.69, 9.17) is 21.1 Å². The molecular formula is C19H20ClN3O3S. The Bertz CT molecular complexity index is 928. The summed E-state index contributed by atoms with van der Waals surface area (Å²) in [5, 5.41) is 1.10. The third-order valence-corrected chi connectivity index (χ3v) is 5.28. The normalized spacial score (nSPS) is 10.6. The molecule has 0 aliphatic rings. The Balaban J connectivity index is 1.63.